The molecule has 0 spiro atoms. The molecule has 1 nitrogen and oxygen atoms in total. The first kappa shape index (κ1) is 13.4. The van der Waals surface area contributed by atoms with E-state index in [-0.39, 0.29) is 0 Å². The molecule has 90 valence electrons. The molecule has 0 aliphatic heterocycles. The average Bonchev–Trinajstić information content (AvgIpc) is 2.70. The molecular formula is C12H9BrCl2OS. The predicted molar refractivity (Wildman–Crippen MR) is 77.1 cm³/mol. The summed E-state index contributed by atoms with van der Waals surface area (Å²) in [4.78, 5) is 0. The van der Waals surface area contributed by atoms with Crippen molar-refractivity contribution in [2.45, 2.75) is 12.5 Å². The summed E-state index contributed by atoms with van der Waals surface area (Å²) in [5.74, 6) is 0. The van der Waals surface area contributed by atoms with Gasteiger partial charge < -0.3 is 5.11 Å². The van der Waals surface area contributed by atoms with Crippen molar-refractivity contribution in [3.05, 3.63) is 54.6 Å². The van der Waals surface area contributed by atoms with Crippen LogP contribution < -0.4 is 0 Å². The van der Waals surface area contributed by atoms with Crippen LogP contribution >= 0.6 is 50.5 Å². The zero-order valence-corrected chi connectivity index (χ0v) is 12.6. The van der Waals surface area contributed by atoms with Crippen LogP contribution in [0.15, 0.2) is 33.4 Å². The first-order valence-electron chi connectivity index (χ1n) is 4.92. The normalized spacial score (nSPS) is 12.7. The molecule has 0 amide bonds. The van der Waals surface area contributed by atoms with Crippen LogP contribution in [0.4, 0.5) is 0 Å². The Kier molecular flexibility index (Phi) is 4.50. The molecule has 2 rings (SSSR count). The molecule has 1 aromatic heterocycles. The molecule has 1 heterocycles. The van der Waals surface area contributed by atoms with E-state index >= 15 is 0 Å². The standard InChI is InChI=1S/C12H9BrCl2OS/c13-9-6-17-5-8(9)12(16)4-7-10(14)2-1-3-11(7)15/h1-3,5-6,12,16H,4H2. The maximum Gasteiger partial charge on any atom is 0.0850 e. The van der Waals surface area contributed by atoms with Crippen molar-refractivity contribution in [1.29, 1.82) is 0 Å². The SMILES string of the molecule is OC(Cc1c(Cl)cccc1Cl)c1cscc1Br. The van der Waals surface area contributed by atoms with Crippen LogP contribution in [0.25, 0.3) is 0 Å². The molecule has 0 saturated heterocycles. The number of rotatable bonds is 3. The molecule has 0 fully saturated rings. The van der Waals surface area contributed by atoms with E-state index in [9.17, 15) is 5.11 Å². The number of thiophene rings is 1. The Bertz CT molecular complexity index is 507. The average molecular weight is 352 g/mol. The first-order valence-corrected chi connectivity index (χ1v) is 7.41. The van der Waals surface area contributed by atoms with E-state index in [1.165, 1.54) is 0 Å². The van der Waals surface area contributed by atoms with Gasteiger partial charge in [-0.25, -0.2) is 0 Å². The molecule has 0 bridgehead atoms. The highest BCUT2D eigenvalue weighted by Crippen LogP contribution is 2.33. The van der Waals surface area contributed by atoms with Gasteiger partial charge in [0.1, 0.15) is 0 Å². The highest BCUT2D eigenvalue weighted by molar-refractivity contribution is 9.10. The van der Waals surface area contributed by atoms with E-state index in [0.29, 0.717) is 16.5 Å². The van der Waals surface area contributed by atoms with Gasteiger partial charge in [-0.15, -0.1) is 0 Å². The third-order valence-corrected chi connectivity index (χ3v) is 4.92. The summed E-state index contributed by atoms with van der Waals surface area (Å²) in [5.41, 5.74) is 1.65. The van der Waals surface area contributed by atoms with Crippen LogP contribution in [0.2, 0.25) is 10.0 Å². The van der Waals surface area contributed by atoms with Crippen molar-refractivity contribution in [3.8, 4) is 0 Å². The summed E-state index contributed by atoms with van der Waals surface area (Å²) >= 11 is 17.1. The predicted octanol–water partition coefficient (Wildman–Crippen LogP) is 5.09. The Morgan fingerprint density at radius 3 is 2.41 bits per heavy atom. The molecular weight excluding hydrogens is 343 g/mol. The third kappa shape index (κ3) is 3.04. The van der Waals surface area contributed by atoms with Crippen LogP contribution in [0.3, 0.4) is 0 Å². The Labute approximate surface area is 122 Å². The summed E-state index contributed by atoms with van der Waals surface area (Å²) < 4.78 is 0.915. The lowest BCUT2D eigenvalue weighted by Gasteiger charge is -2.12. The first-order chi connectivity index (χ1) is 8.09. The molecule has 0 aliphatic carbocycles. The molecule has 17 heavy (non-hydrogen) atoms. The van der Waals surface area contributed by atoms with Crippen molar-refractivity contribution in [2.75, 3.05) is 0 Å². The van der Waals surface area contributed by atoms with E-state index in [4.69, 9.17) is 23.2 Å². The number of benzene rings is 1. The number of aliphatic hydroxyl groups excluding tert-OH is 1. The fourth-order valence-corrected chi connectivity index (χ4v) is 3.72. The highest BCUT2D eigenvalue weighted by Gasteiger charge is 2.16. The van der Waals surface area contributed by atoms with E-state index in [1.807, 2.05) is 10.8 Å². The number of hydrogen-bond acceptors (Lipinski definition) is 2. The Balaban J connectivity index is 2.25. The van der Waals surface area contributed by atoms with Crippen LogP contribution in [-0.4, -0.2) is 5.11 Å². The maximum absolute atomic E-state index is 10.2. The number of halogens is 3. The van der Waals surface area contributed by atoms with Gasteiger partial charge in [0.05, 0.1) is 6.10 Å². The van der Waals surface area contributed by atoms with E-state index in [0.717, 1.165) is 15.6 Å². The minimum Gasteiger partial charge on any atom is -0.388 e. The molecule has 5 heteroatoms. The topological polar surface area (TPSA) is 20.2 Å². The summed E-state index contributed by atoms with van der Waals surface area (Å²) in [6, 6.07) is 5.34. The fraction of sp³-hybridized carbons (Fsp3) is 0.167. The van der Waals surface area contributed by atoms with Crippen molar-refractivity contribution < 1.29 is 5.11 Å². The molecule has 0 radical (unpaired) electrons. The molecule has 2 aromatic rings. The molecule has 0 aliphatic rings. The second-order valence-corrected chi connectivity index (χ2v) is 6.01. The van der Waals surface area contributed by atoms with Crippen molar-refractivity contribution in [3.63, 3.8) is 0 Å². The van der Waals surface area contributed by atoms with Gasteiger partial charge in [-0.2, -0.15) is 11.3 Å². The van der Waals surface area contributed by atoms with E-state index in [2.05, 4.69) is 15.9 Å². The smallest absolute Gasteiger partial charge is 0.0850 e. The quantitative estimate of drug-likeness (QED) is 0.816. The fourth-order valence-electron chi connectivity index (χ4n) is 1.56. The largest absolute Gasteiger partial charge is 0.388 e. The summed E-state index contributed by atoms with van der Waals surface area (Å²) in [6.45, 7) is 0. The Morgan fingerprint density at radius 1 is 1.24 bits per heavy atom. The van der Waals surface area contributed by atoms with E-state index in [1.54, 1.807) is 29.5 Å². The highest BCUT2D eigenvalue weighted by atomic mass is 79.9. The van der Waals surface area contributed by atoms with Crippen LogP contribution in [-0.2, 0) is 6.42 Å². The lowest BCUT2D eigenvalue weighted by molar-refractivity contribution is 0.178. The van der Waals surface area contributed by atoms with Crippen molar-refractivity contribution >= 4 is 50.5 Å². The number of aliphatic hydroxyl groups is 1. The van der Waals surface area contributed by atoms with Crippen LogP contribution in [0.5, 0.6) is 0 Å². The third-order valence-electron chi connectivity index (χ3n) is 2.46. The number of hydrogen-bond donors (Lipinski definition) is 1. The Morgan fingerprint density at radius 2 is 1.88 bits per heavy atom. The summed E-state index contributed by atoms with van der Waals surface area (Å²) in [7, 11) is 0. The van der Waals surface area contributed by atoms with Gasteiger partial charge >= 0.3 is 0 Å². The van der Waals surface area contributed by atoms with Gasteiger partial charge in [0.2, 0.25) is 0 Å². The maximum atomic E-state index is 10.2. The van der Waals surface area contributed by atoms with Crippen LogP contribution in [0, 0.1) is 0 Å². The van der Waals surface area contributed by atoms with Gasteiger partial charge in [0.25, 0.3) is 0 Å². The second-order valence-electron chi connectivity index (χ2n) is 3.60. The lowest BCUT2D eigenvalue weighted by Crippen LogP contribution is -2.02. The van der Waals surface area contributed by atoms with Gasteiger partial charge in [-0.3, -0.25) is 0 Å². The van der Waals surface area contributed by atoms with Crippen LogP contribution in [0.1, 0.15) is 17.2 Å². The summed E-state index contributed by atoms with van der Waals surface area (Å²) in [6.07, 6.45) is -0.193. The second kappa shape index (κ2) is 5.72. The van der Waals surface area contributed by atoms with Crippen molar-refractivity contribution in [1.82, 2.24) is 0 Å². The van der Waals surface area contributed by atoms with Gasteiger partial charge in [-0.05, 0) is 39.0 Å². The zero-order valence-electron chi connectivity index (χ0n) is 8.66. The summed E-state index contributed by atoms with van der Waals surface area (Å²) in [5, 5.41) is 15.2. The molecule has 0 saturated carbocycles. The van der Waals surface area contributed by atoms with E-state index < -0.39 is 6.10 Å². The van der Waals surface area contributed by atoms with Gasteiger partial charge in [0.15, 0.2) is 0 Å². The molecule has 1 N–H and O–H groups in total. The zero-order chi connectivity index (χ0) is 12.4. The monoisotopic (exact) mass is 350 g/mol. The lowest BCUT2D eigenvalue weighted by atomic mass is 10.0. The Hall–Kier alpha value is -0.0600. The van der Waals surface area contributed by atoms with Crippen molar-refractivity contribution in [2.24, 2.45) is 0 Å². The molecule has 1 unspecified atom stereocenters. The molecule has 1 aromatic carbocycles. The minimum absolute atomic E-state index is 0.411. The van der Waals surface area contributed by atoms with Gasteiger partial charge in [-0.1, -0.05) is 29.3 Å². The molecule has 1 atom stereocenters. The van der Waals surface area contributed by atoms with Gasteiger partial charge in [0, 0.05) is 31.9 Å². The minimum atomic E-state index is -0.604.